The summed E-state index contributed by atoms with van der Waals surface area (Å²) in [7, 11) is 0. The molecule has 0 bridgehead atoms. The number of nitrogens with one attached hydrogen (secondary N) is 1. The van der Waals surface area contributed by atoms with E-state index >= 15 is 0 Å². The van der Waals surface area contributed by atoms with Crippen LogP contribution in [-0.4, -0.2) is 73.6 Å². The van der Waals surface area contributed by atoms with Crippen molar-refractivity contribution in [1.82, 2.24) is 15.1 Å². The van der Waals surface area contributed by atoms with Crippen LogP contribution in [0, 0.1) is 5.82 Å². The number of guanidine groups is 1. The van der Waals surface area contributed by atoms with Crippen LogP contribution in [0.5, 0.6) is 0 Å². The molecule has 0 radical (unpaired) electrons. The van der Waals surface area contributed by atoms with Crippen molar-refractivity contribution in [3.05, 3.63) is 35.6 Å². The van der Waals surface area contributed by atoms with Crippen molar-refractivity contribution in [2.45, 2.75) is 38.7 Å². The lowest BCUT2D eigenvalue weighted by Crippen LogP contribution is -2.55. The fourth-order valence-corrected chi connectivity index (χ4v) is 3.70. The van der Waals surface area contributed by atoms with Crippen LogP contribution in [0.3, 0.4) is 0 Å². The van der Waals surface area contributed by atoms with Gasteiger partial charge in [0.25, 0.3) is 5.91 Å². The Bertz CT molecular complexity index is 674. The number of carbonyl (C=O) groups is 1. The van der Waals surface area contributed by atoms with E-state index in [0.29, 0.717) is 26.2 Å². The summed E-state index contributed by atoms with van der Waals surface area (Å²) in [6.45, 7) is 7.19. The van der Waals surface area contributed by atoms with E-state index in [0.717, 1.165) is 56.8 Å². The zero-order valence-corrected chi connectivity index (χ0v) is 19.4. The van der Waals surface area contributed by atoms with Gasteiger partial charge in [0.1, 0.15) is 11.9 Å². The Hall–Kier alpha value is -1.42. The molecule has 0 saturated carbocycles. The van der Waals surface area contributed by atoms with Crippen LogP contribution >= 0.6 is 24.0 Å². The number of aryl methyl sites for hydroxylation is 1. The molecule has 1 amide bonds. The number of rotatable bonds is 6. The minimum atomic E-state index is -0.240. The SMILES string of the molecule is CCNC(=NCCCc1cccc(F)c1)N1CCN(C(=O)C2CCCO2)CC1.I. The van der Waals surface area contributed by atoms with Gasteiger partial charge in [-0.15, -0.1) is 24.0 Å². The van der Waals surface area contributed by atoms with Crippen molar-refractivity contribution in [1.29, 1.82) is 0 Å². The van der Waals surface area contributed by atoms with Gasteiger partial charge in [0.05, 0.1) is 0 Å². The minimum absolute atomic E-state index is 0. The number of nitrogens with zero attached hydrogens (tertiary/aromatic N) is 3. The molecular weight excluding hydrogens is 486 g/mol. The van der Waals surface area contributed by atoms with E-state index in [1.54, 1.807) is 12.1 Å². The van der Waals surface area contributed by atoms with Crippen molar-refractivity contribution >= 4 is 35.8 Å². The van der Waals surface area contributed by atoms with Gasteiger partial charge in [0, 0.05) is 45.9 Å². The maximum absolute atomic E-state index is 13.3. The second-order valence-electron chi connectivity index (χ2n) is 7.28. The molecule has 162 valence electrons. The first kappa shape index (κ1) is 23.9. The Morgan fingerprint density at radius 1 is 1.28 bits per heavy atom. The smallest absolute Gasteiger partial charge is 0.251 e. The minimum Gasteiger partial charge on any atom is -0.368 e. The van der Waals surface area contributed by atoms with Gasteiger partial charge in [-0.1, -0.05) is 12.1 Å². The second-order valence-corrected chi connectivity index (χ2v) is 7.28. The topological polar surface area (TPSA) is 57.2 Å². The van der Waals surface area contributed by atoms with Gasteiger partial charge in [-0.3, -0.25) is 9.79 Å². The van der Waals surface area contributed by atoms with Crippen LogP contribution in [0.4, 0.5) is 4.39 Å². The highest BCUT2D eigenvalue weighted by atomic mass is 127. The van der Waals surface area contributed by atoms with Crippen molar-refractivity contribution < 1.29 is 13.9 Å². The molecule has 0 aromatic heterocycles. The highest BCUT2D eigenvalue weighted by Gasteiger charge is 2.30. The Kier molecular flexibility index (Phi) is 10.1. The molecule has 6 nitrogen and oxygen atoms in total. The van der Waals surface area contributed by atoms with Crippen LogP contribution in [0.25, 0.3) is 0 Å². The van der Waals surface area contributed by atoms with Gasteiger partial charge in [-0.05, 0) is 50.3 Å². The number of piperazine rings is 1. The third-order valence-corrected chi connectivity index (χ3v) is 5.21. The third-order valence-electron chi connectivity index (χ3n) is 5.21. The van der Waals surface area contributed by atoms with Gasteiger partial charge in [-0.25, -0.2) is 4.39 Å². The summed E-state index contributed by atoms with van der Waals surface area (Å²) in [4.78, 5) is 21.3. The molecule has 2 aliphatic heterocycles. The summed E-state index contributed by atoms with van der Waals surface area (Å²) in [6.07, 6.45) is 3.26. The van der Waals surface area contributed by atoms with E-state index in [1.807, 2.05) is 11.0 Å². The largest absolute Gasteiger partial charge is 0.368 e. The van der Waals surface area contributed by atoms with E-state index in [-0.39, 0.29) is 41.8 Å². The molecule has 1 N–H and O–H groups in total. The number of amides is 1. The number of benzene rings is 1. The lowest BCUT2D eigenvalue weighted by Gasteiger charge is -2.37. The van der Waals surface area contributed by atoms with E-state index < -0.39 is 0 Å². The predicted molar refractivity (Wildman–Crippen MR) is 123 cm³/mol. The third kappa shape index (κ3) is 7.09. The van der Waals surface area contributed by atoms with Crippen molar-refractivity contribution in [3.8, 4) is 0 Å². The molecule has 0 spiro atoms. The fraction of sp³-hybridized carbons (Fsp3) is 0.619. The number of hydrogen-bond donors (Lipinski definition) is 1. The highest BCUT2D eigenvalue weighted by molar-refractivity contribution is 14.0. The summed E-state index contributed by atoms with van der Waals surface area (Å²) in [6, 6.07) is 6.74. The monoisotopic (exact) mass is 518 g/mol. The van der Waals surface area contributed by atoms with Crippen molar-refractivity contribution in [3.63, 3.8) is 0 Å². The molecule has 2 saturated heterocycles. The Morgan fingerprint density at radius 2 is 2.03 bits per heavy atom. The quantitative estimate of drug-likeness (QED) is 0.273. The second kappa shape index (κ2) is 12.3. The van der Waals surface area contributed by atoms with E-state index in [1.165, 1.54) is 6.07 Å². The molecule has 2 heterocycles. The molecule has 1 unspecified atom stereocenters. The lowest BCUT2D eigenvalue weighted by atomic mass is 10.1. The summed E-state index contributed by atoms with van der Waals surface area (Å²) < 4.78 is 18.8. The van der Waals surface area contributed by atoms with Crippen LogP contribution in [-0.2, 0) is 16.0 Å². The van der Waals surface area contributed by atoms with Gasteiger partial charge in [0.2, 0.25) is 0 Å². The van der Waals surface area contributed by atoms with Crippen molar-refractivity contribution in [2.75, 3.05) is 45.9 Å². The Morgan fingerprint density at radius 3 is 2.69 bits per heavy atom. The summed E-state index contributed by atoms with van der Waals surface area (Å²) in [5.74, 6) is 0.838. The zero-order valence-electron chi connectivity index (χ0n) is 17.1. The van der Waals surface area contributed by atoms with Crippen LogP contribution < -0.4 is 5.32 Å². The normalized spacial score (nSPS) is 19.8. The molecular formula is C21H32FIN4O2. The molecule has 3 rings (SSSR count). The average molecular weight is 518 g/mol. The first-order chi connectivity index (χ1) is 13.7. The maximum atomic E-state index is 13.3. The zero-order chi connectivity index (χ0) is 19.8. The maximum Gasteiger partial charge on any atom is 0.251 e. The number of aliphatic imine (C=N–C) groups is 1. The van der Waals surface area contributed by atoms with Gasteiger partial charge in [-0.2, -0.15) is 0 Å². The molecule has 1 aromatic carbocycles. The van der Waals surface area contributed by atoms with E-state index in [4.69, 9.17) is 9.73 Å². The van der Waals surface area contributed by atoms with Crippen LogP contribution in [0.1, 0.15) is 31.7 Å². The average Bonchev–Trinajstić information content (AvgIpc) is 3.25. The molecule has 0 aliphatic carbocycles. The summed E-state index contributed by atoms with van der Waals surface area (Å²) in [5, 5.41) is 3.35. The number of hydrogen-bond acceptors (Lipinski definition) is 3. The highest BCUT2D eigenvalue weighted by Crippen LogP contribution is 2.16. The first-order valence-corrected chi connectivity index (χ1v) is 10.4. The Balaban J connectivity index is 0.00000300. The summed E-state index contributed by atoms with van der Waals surface area (Å²) in [5.41, 5.74) is 1.00. The number of carbonyl (C=O) groups excluding carboxylic acids is 1. The summed E-state index contributed by atoms with van der Waals surface area (Å²) >= 11 is 0. The standard InChI is InChI=1S/C21H31FN4O2.HI/c1-2-23-21(24-10-4-7-17-6-3-8-18(22)16-17)26-13-11-25(12-14-26)20(27)19-9-5-15-28-19;/h3,6,8,16,19H,2,4-5,7,9-15H2,1H3,(H,23,24);1H. The van der Waals surface area contributed by atoms with Crippen LogP contribution in [0.2, 0.25) is 0 Å². The fourth-order valence-electron chi connectivity index (χ4n) is 3.70. The molecule has 2 aliphatic rings. The van der Waals surface area contributed by atoms with Gasteiger partial charge < -0.3 is 19.9 Å². The predicted octanol–water partition coefficient (Wildman–Crippen LogP) is 2.67. The van der Waals surface area contributed by atoms with Crippen molar-refractivity contribution in [2.24, 2.45) is 4.99 Å². The molecule has 1 aromatic rings. The molecule has 29 heavy (non-hydrogen) atoms. The van der Waals surface area contributed by atoms with E-state index in [9.17, 15) is 9.18 Å². The number of ether oxygens (including phenoxy) is 1. The lowest BCUT2D eigenvalue weighted by molar-refractivity contribution is -0.142. The number of halogens is 2. The Labute approximate surface area is 189 Å². The first-order valence-electron chi connectivity index (χ1n) is 10.4. The van der Waals surface area contributed by atoms with Gasteiger partial charge in [0.15, 0.2) is 5.96 Å². The van der Waals surface area contributed by atoms with Gasteiger partial charge >= 0.3 is 0 Å². The molecule has 2 fully saturated rings. The van der Waals surface area contributed by atoms with E-state index in [2.05, 4.69) is 17.1 Å². The molecule has 8 heteroatoms. The van der Waals surface area contributed by atoms with Crippen LogP contribution in [0.15, 0.2) is 29.3 Å². The molecule has 1 atom stereocenters.